The summed E-state index contributed by atoms with van der Waals surface area (Å²) < 4.78 is 0. The summed E-state index contributed by atoms with van der Waals surface area (Å²) in [6.45, 7) is 1.59. The van der Waals surface area contributed by atoms with Crippen LogP contribution in [-0.2, 0) is 18.7 Å². The Morgan fingerprint density at radius 2 is 2.11 bits per heavy atom. The maximum Gasteiger partial charge on any atom is 0.255 e. The lowest BCUT2D eigenvalue weighted by molar-refractivity contribution is 0.516. The summed E-state index contributed by atoms with van der Waals surface area (Å²) in [6.07, 6.45) is 7.63. The molecule has 3 rings (SSSR count). The Morgan fingerprint density at radius 3 is 2.95 bits per heavy atom. The summed E-state index contributed by atoms with van der Waals surface area (Å²) in [7, 11) is 0. The third kappa shape index (κ3) is 3.20. The first-order valence-corrected chi connectivity index (χ1v) is 8.31. The molecule has 2 N–H and O–H groups in total. The molecule has 0 radical (unpaired) electrons. The van der Waals surface area contributed by atoms with Gasteiger partial charge in [-0.3, -0.25) is 4.79 Å². The molecule has 1 aliphatic heterocycles. The van der Waals surface area contributed by atoms with Gasteiger partial charge in [-0.15, -0.1) is 0 Å². The molecule has 104 valence electrons. The van der Waals surface area contributed by atoms with Gasteiger partial charge in [-0.25, -0.2) is 4.98 Å². The summed E-state index contributed by atoms with van der Waals surface area (Å²) in [5.41, 5.74) is 1.89. The van der Waals surface area contributed by atoms with Gasteiger partial charge >= 0.3 is 0 Å². The van der Waals surface area contributed by atoms with Gasteiger partial charge < -0.3 is 10.3 Å². The van der Waals surface area contributed by atoms with Gasteiger partial charge in [0.2, 0.25) is 0 Å². The first-order chi connectivity index (χ1) is 9.33. The first kappa shape index (κ1) is 13.2. The van der Waals surface area contributed by atoms with Crippen molar-refractivity contribution in [3.63, 3.8) is 0 Å². The maximum absolute atomic E-state index is 12.0. The molecule has 5 heteroatoms. The lowest BCUT2D eigenvalue weighted by atomic mass is 10.0. The van der Waals surface area contributed by atoms with E-state index in [1.807, 2.05) is 11.8 Å². The van der Waals surface area contributed by atoms with E-state index in [1.165, 1.54) is 32.1 Å². The van der Waals surface area contributed by atoms with Gasteiger partial charge in [0.1, 0.15) is 5.82 Å². The van der Waals surface area contributed by atoms with Gasteiger partial charge in [-0.1, -0.05) is 19.3 Å². The molecule has 1 aliphatic carbocycles. The SMILES string of the molecule is O=c1[nH]c(CSC2CCCCC2)nc2c1CNCC2. The summed E-state index contributed by atoms with van der Waals surface area (Å²) in [5, 5.41) is 3.98. The molecule has 0 atom stereocenters. The van der Waals surface area contributed by atoms with Crippen molar-refractivity contribution in [2.45, 2.75) is 56.1 Å². The smallest absolute Gasteiger partial charge is 0.255 e. The van der Waals surface area contributed by atoms with Gasteiger partial charge in [0.25, 0.3) is 5.56 Å². The predicted molar refractivity (Wildman–Crippen MR) is 78.4 cm³/mol. The quantitative estimate of drug-likeness (QED) is 0.888. The van der Waals surface area contributed by atoms with E-state index in [0.717, 1.165) is 41.1 Å². The van der Waals surface area contributed by atoms with E-state index in [-0.39, 0.29) is 5.56 Å². The van der Waals surface area contributed by atoms with Crippen LogP contribution in [0.5, 0.6) is 0 Å². The van der Waals surface area contributed by atoms with Crippen molar-refractivity contribution in [2.75, 3.05) is 6.54 Å². The van der Waals surface area contributed by atoms with E-state index in [4.69, 9.17) is 0 Å². The topological polar surface area (TPSA) is 57.8 Å². The largest absolute Gasteiger partial charge is 0.312 e. The molecule has 1 saturated carbocycles. The van der Waals surface area contributed by atoms with Crippen molar-refractivity contribution in [1.29, 1.82) is 0 Å². The van der Waals surface area contributed by atoms with Crippen LogP contribution in [0, 0.1) is 0 Å². The molecule has 2 aliphatic rings. The zero-order chi connectivity index (χ0) is 13.1. The van der Waals surface area contributed by atoms with Gasteiger partial charge in [0.05, 0.1) is 17.0 Å². The number of hydrogen-bond donors (Lipinski definition) is 2. The fourth-order valence-electron chi connectivity index (χ4n) is 2.90. The second-order valence-electron chi connectivity index (χ2n) is 5.44. The van der Waals surface area contributed by atoms with Crippen molar-refractivity contribution < 1.29 is 0 Å². The molecule has 0 aromatic carbocycles. The van der Waals surface area contributed by atoms with E-state index in [1.54, 1.807) is 0 Å². The molecule has 0 bridgehead atoms. The summed E-state index contributed by atoms with van der Waals surface area (Å²) in [4.78, 5) is 19.6. The molecule has 2 heterocycles. The zero-order valence-electron chi connectivity index (χ0n) is 11.2. The standard InChI is InChI=1S/C14H21N3OS/c18-14-11-8-15-7-6-12(11)16-13(17-14)9-19-10-4-2-1-3-5-10/h10,15H,1-9H2,(H,16,17,18). The van der Waals surface area contributed by atoms with Crippen molar-refractivity contribution in [2.24, 2.45) is 0 Å². The first-order valence-electron chi connectivity index (χ1n) is 7.26. The Kier molecular flexibility index (Phi) is 4.23. The highest BCUT2D eigenvalue weighted by atomic mass is 32.2. The molecule has 0 spiro atoms. The van der Waals surface area contributed by atoms with Gasteiger partial charge in [-0.2, -0.15) is 11.8 Å². The molecular weight excluding hydrogens is 258 g/mol. The predicted octanol–water partition coefficient (Wildman–Crippen LogP) is 1.98. The van der Waals surface area contributed by atoms with E-state index >= 15 is 0 Å². The molecule has 1 aromatic heterocycles. The van der Waals surface area contributed by atoms with E-state index < -0.39 is 0 Å². The number of aromatic amines is 1. The Labute approximate surface area is 117 Å². The fraction of sp³-hybridized carbons (Fsp3) is 0.714. The van der Waals surface area contributed by atoms with Crippen molar-refractivity contribution in [3.8, 4) is 0 Å². The van der Waals surface area contributed by atoms with Gasteiger partial charge in [0.15, 0.2) is 0 Å². The van der Waals surface area contributed by atoms with Crippen LogP contribution in [0.3, 0.4) is 0 Å². The zero-order valence-corrected chi connectivity index (χ0v) is 12.0. The summed E-state index contributed by atoms with van der Waals surface area (Å²) >= 11 is 1.96. The van der Waals surface area contributed by atoms with Crippen LogP contribution in [0.4, 0.5) is 0 Å². The minimum atomic E-state index is 0.0523. The lowest BCUT2D eigenvalue weighted by Crippen LogP contribution is -2.32. The third-order valence-electron chi connectivity index (χ3n) is 4.00. The van der Waals surface area contributed by atoms with Crippen LogP contribution < -0.4 is 10.9 Å². The average Bonchev–Trinajstić information content (AvgIpc) is 2.46. The van der Waals surface area contributed by atoms with Crippen LogP contribution in [-0.4, -0.2) is 21.8 Å². The average molecular weight is 279 g/mol. The number of H-pyrrole nitrogens is 1. The van der Waals surface area contributed by atoms with Crippen molar-refractivity contribution in [3.05, 3.63) is 27.4 Å². The molecule has 0 saturated heterocycles. The highest BCUT2D eigenvalue weighted by Crippen LogP contribution is 2.29. The number of aromatic nitrogens is 2. The fourth-order valence-corrected chi connectivity index (χ4v) is 4.10. The lowest BCUT2D eigenvalue weighted by Gasteiger charge is -2.21. The number of nitrogens with zero attached hydrogens (tertiary/aromatic N) is 1. The number of rotatable bonds is 3. The molecule has 0 unspecified atom stereocenters. The number of thioether (sulfide) groups is 1. The third-order valence-corrected chi connectivity index (χ3v) is 5.38. The minimum absolute atomic E-state index is 0.0523. The van der Waals surface area contributed by atoms with E-state index in [0.29, 0.717) is 6.54 Å². The summed E-state index contributed by atoms with van der Waals surface area (Å²) in [6, 6.07) is 0. The van der Waals surface area contributed by atoms with Gasteiger partial charge in [-0.05, 0) is 12.8 Å². The van der Waals surface area contributed by atoms with Crippen molar-refractivity contribution in [1.82, 2.24) is 15.3 Å². The van der Waals surface area contributed by atoms with Crippen LogP contribution in [0.2, 0.25) is 0 Å². The highest BCUT2D eigenvalue weighted by Gasteiger charge is 2.17. The molecule has 1 aromatic rings. The van der Waals surface area contributed by atoms with Crippen molar-refractivity contribution >= 4 is 11.8 Å². The Balaban J connectivity index is 1.67. The highest BCUT2D eigenvalue weighted by molar-refractivity contribution is 7.99. The molecular formula is C14H21N3OS. The van der Waals surface area contributed by atoms with Crippen LogP contribution >= 0.6 is 11.8 Å². The van der Waals surface area contributed by atoms with Crippen LogP contribution in [0.1, 0.15) is 49.2 Å². The molecule has 1 fully saturated rings. The monoisotopic (exact) mass is 279 g/mol. The number of fused-ring (bicyclic) bond motifs is 1. The Morgan fingerprint density at radius 1 is 1.26 bits per heavy atom. The van der Waals surface area contributed by atoms with Crippen LogP contribution in [0.15, 0.2) is 4.79 Å². The van der Waals surface area contributed by atoms with Crippen LogP contribution in [0.25, 0.3) is 0 Å². The summed E-state index contributed by atoms with van der Waals surface area (Å²) in [5.74, 6) is 1.71. The van der Waals surface area contributed by atoms with E-state index in [9.17, 15) is 4.79 Å². The Hall–Kier alpha value is -0.810. The maximum atomic E-state index is 12.0. The molecule has 19 heavy (non-hydrogen) atoms. The minimum Gasteiger partial charge on any atom is -0.312 e. The molecule has 4 nitrogen and oxygen atoms in total. The van der Waals surface area contributed by atoms with E-state index in [2.05, 4.69) is 15.3 Å². The second-order valence-corrected chi connectivity index (χ2v) is 6.72. The van der Waals surface area contributed by atoms with Gasteiger partial charge in [0, 0.05) is 24.8 Å². The second kappa shape index (κ2) is 6.09. The Bertz CT molecular complexity index is 494. The number of nitrogens with one attached hydrogen (secondary N) is 2. The number of hydrogen-bond acceptors (Lipinski definition) is 4. The molecule has 0 amide bonds. The normalized spacial score (nSPS) is 20.2.